The van der Waals surface area contributed by atoms with Gasteiger partial charge in [-0.3, -0.25) is 4.79 Å². The normalized spacial score (nSPS) is 10.8. The quantitative estimate of drug-likeness (QED) is 0.534. The maximum absolute atomic E-state index is 12.1. The van der Waals surface area contributed by atoms with Crippen molar-refractivity contribution < 1.29 is 9.21 Å². The van der Waals surface area contributed by atoms with E-state index in [-0.39, 0.29) is 11.7 Å². The standard InChI is InChI=1S/C15H14ClN5O2S/c1-9-4-5-11(10(16)7-9)18-13(22)8-24-15-20-19-14(21(15)17)12-3-2-6-23-12/h2-7H,8,17H2,1H3,(H,18,22). The van der Waals surface area contributed by atoms with Crippen molar-refractivity contribution in [3.63, 3.8) is 0 Å². The summed E-state index contributed by atoms with van der Waals surface area (Å²) in [6.45, 7) is 1.93. The smallest absolute Gasteiger partial charge is 0.234 e. The van der Waals surface area contributed by atoms with Crippen molar-refractivity contribution in [1.29, 1.82) is 0 Å². The lowest BCUT2D eigenvalue weighted by Gasteiger charge is -2.07. The largest absolute Gasteiger partial charge is 0.461 e. The van der Waals surface area contributed by atoms with Crippen molar-refractivity contribution in [3.8, 4) is 11.6 Å². The Labute approximate surface area is 147 Å². The SMILES string of the molecule is Cc1ccc(NC(=O)CSc2nnc(-c3ccco3)n2N)c(Cl)c1. The number of halogens is 1. The van der Waals surface area contributed by atoms with Gasteiger partial charge in [0.2, 0.25) is 16.9 Å². The molecule has 3 N–H and O–H groups in total. The predicted molar refractivity (Wildman–Crippen MR) is 93.4 cm³/mol. The highest BCUT2D eigenvalue weighted by Crippen LogP contribution is 2.24. The van der Waals surface area contributed by atoms with E-state index in [1.54, 1.807) is 24.3 Å². The monoisotopic (exact) mass is 363 g/mol. The molecule has 0 saturated heterocycles. The molecule has 0 bridgehead atoms. The molecule has 0 radical (unpaired) electrons. The van der Waals surface area contributed by atoms with Gasteiger partial charge in [0.15, 0.2) is 5.76 Å². The van der Waals surface area contributed by atoms with Crippen molar-refractivity contribution in [1.82, 2.24) is 14.9 Å². The average molecular weight is 364 g/mol. The lowest BCUT2D eigenvalue weighted by Crippen LogP contribution is -2.16. The van der Waals surface area contributed by atoms with Gasteiger partial charge in [0.25, 0.3) is 0 Å². The molecule has 3 rings (SSSR count). The number of amides is 1. The molecule has 24 heavy (non-hydrogen) atoms. The van der Waals surface area contributed by atoms with Crippen LogP contribution < -0.4 is 11.2 Å². The summed E-state index contributed by atoms with van der Waals surface area (Å²) in [5, 5.41) is 11.6. The van der Waals surface area contributed by atoms with Crippen LogP contribution >= 0.6 is 23.4 Å². The van der Waals surface area contributed by atoms with Gasteiger partial charge in [-0.1, -0.05) is 29.4 Å². The summed E-state index contributed by atoms with van der Waals surface area (Å²) in [6, 6.07) is 8.89. The average Bonchev–Trinajstić information content (AvgIpc) is 3.18. The van der Waals surface area contributed by atoms with Crippen molar-refractivity contribution >= 4 is 35.0 Å². The second-order valence-corrected chi connectivity index (χ2v) is 6.32. The van der Waals surface area contributed by atoms with Crippen LogP contribution in [0.15, 0.2) is 46.2 Å². The molecule has 0 atom stereocenters. The lowest BCUT2D eigenvalue weighted by atomic mass is 10.2. The molecule has 1 amide bonds. The summed E-state index contributed by atoms with van der Waals surface area (Å²) in [5.74, 6) is 6.74. The van der Waals surface area contributed by atoms with E-state index in [2.05, 4.69) is 15.5 Å². The highest BCUT2D eigenvalue weighted by Gasteiger charge is 2.15. The van der Waals surface area contributed by atoms with E-state index < -0.39 is 0 Å². The number of benzene rings is 1. The van der Waals surface area contributed by atoms with Gasteiger partial charge in [0.1, 0.15) is 0 Å². The summed E-state index contributed by atoms with van der Waals surface area (Å²) >= 11 is 7.27. The number of hydrogen-bond acceptors (Lipinski definition) is 6. The third-order valence-electron chi connectivity index (χ3n) is 3.14. The van der Waals surface area contributed by atoms with Gasteiger partial charge in [0, 0.05) is 0 Å². The zero-order chi connectivity index (χ0) is 17.1. The molecular weight excluding hydrogens is 350 g/mol. The molecule has 2 heterocycles. The number of nitrogens with one attached hydrogen (secondary N) is 1. The Morgan fingerprint density at radius 1 is 1.42 bits per heavy atom. The molecule has 0 saturated carbocycles. The fraction of sp³-hybridized carbons (Fsp3) is 0.133. The molecule has 0 spiro atoms. The number of thioether (sulfide) groups is 1. The van der Waals surface area contributed by atoms with Crippen molar-refractivity contribution in [2.75, 3.05) is 16.9 Å². The molecule has 0 fully saturated rings. The Hall–Kier alpha value is -2.45. The van der Waals surface area contributed by atoms with Gasteiger partial charge >= 0.3 is 0 Å². The van der Waals surface area contributed by atoms with Crippen LogP contribution in [0.25, 0.3) is 11.6 Å². The molecular formula is C15H14ClN5O2S. The van der Waals surface area contributed by atoms with E-state index in [9.17, 15) is 4.79 Å². The molecule has 9 heteroatoms. The lowest BCUT2D eigenvalue weighted by molar-refractivity contribution is -0.113. The van der Waals surface area contributed by atoms with Gasteiger partial charge in [-0.15, -0.1) is 10.2 Å². The van der Waals surface area contributed by atoms with Crippen LogP contribution in [0.3, 0.4) is 0 Å². The molecule has 0 aliphatic rings. The Bertz CT molecular complexity index is 863. The molecule has 0 unspecified atom stereocenters. The van der Waals surface area contributed by atoms with Crippen LogP contribution in [0.2, 0.25) is 5.02 Å². The number of carbonyl (C=O) groups is 1. The second-order valence-electron chi connectivity index (χ2n) is 4.97. The number of carbonyl (C=O) groups excluding carboxylic acids is 1. The minimum atomic E-state index is -0.215. The Morgan fingerprint density at radius 2 is 2.25 bits per heavy atom. The van der Waals surface area contributed by atoms with E-state index in [0.29, 0.717) is 27.5 Å². The molecule has 1 aromatic carbocycles. The van der Waals surface area contributed by atoms with E-state index in [4.69, 9.17) is 21.9 Å². The van der Waals surface area contributed by atoms with E-state index in [1.807, 2.05) is 13.0 Å². The van der Waals surface area contributed by atoms with Crippen LogP contribution in [0.1, 0.15) is 5.56 Å². The van der Waals surface area contributed by atoms with Crippen LogP contribution in [0, 0.1) is 6.92 Å². The Morgan fingerprint density at radius 3 is 2.96 bits per heavy atom. The summed E-state index contributed by atoms with van der Waals surface area (Å²) in [7, 11) is 0. The summed E-state index contributed by atoms with van der Waals surface area (Å²) in [6.07, 6.45) is 1.52. The number of hydrogen-bond donors (Lipinski definition) is 2. The van der Waals surface area contributed by atoms with Gasteiger partial charge < -0.3 is 15.6 Å². The van der Waals surface area contributed by atoms with Crippen LogP contribution in [0.4, 0.5) is 5.69 Å². The van der Waals surface area contributed by atoms with Crippen molar-refractivity contribution in [2.24, 2.45) is 0 Å². The fourth-order valence-corrected chi connectivity index (χ4v) is 2.93. The van der Waals surface area contributed by atoms with Gasteiger partial charge in [-0.25, -0.2) is 4.68 Å². The predicted octanol–water partition coefficient (Wildman–Crippen LogP) is 2.94. The summed E-state index contributed by atoms with van der Waals surface area (Å²) < 4.78 is 6.52. The number of rotatable bonds is 5. The summed E-state index contributed by atoms with van der Waals surface area (Å²) in [5.41, 5.74) is 1.59. The first kappa shape index (κ1) is 16.4. The van der Waals surface area contributed by atoms with Crippen LogP contribution in [-0.2, 0) is 4.79 Å². The number of anilines is 1. The van der Waals surface area contributed by atoms with Crippen molar-refractivity contribution in [2.45, 2.75) is 12.1 Å². The number of aryl methyl sites for hydroxylation is 1. The minimum absolute atomic E-state index is 0.123. The topological polar surface area (TPSA) is 99.0 Å². The third kappa shape index (κ3) is 3.55. The molecule has 0 aliphatic carbocycles. The van der Waals surface area contributed by atoms with Crippen LogP contribution in [0.5, 0.6) is 0 Å². The molecule has 2 aromatic heterocycles. The first-order valence-corrected chi connectivity index (χ1v) is 8.34. The number of furan rings is 1. The molecule has 3 aromatic rings. The Kier molecular flexibility index (Phi) is 4.77. The Balaban J connectivity index is 1.62. The first-order chi connectivity index (χ1) is 11.5. The highest BCUT2D eigenvalue weighted by atomic mass is 35.5. The van der Waals surface area contributed by atoms with E-state index >= 15 is 0 Å². The fourth-order valence-electron chi connectivity index (χ4n) is 1.99. The van der Waals surface area contributed by atoms with Gasteiger partial charge in [0.05, 0.1) is 22.7 Å². The highest BCUT2D eigenvalue weighted by molar-refractivity contribution is 7.99. The number of aromatic nitrogens is 3. The van der Waals surface area contributed by atoms with Crippen molar-refractivity contribution in [3.05, 3.63) is 47.2 Å². The number of nitrogen functional groups attached to an aromatic ring is 1. The summed E-state index contributed by atoms with van der Waals surface area (Å²) in [4.78, 5) is 12.1. The third-order valence-corrected chi connectivity index (χ3v) is 4.39. The van der Waals surface area contributed by atoms with Gasteiger partial charge in [-0.05, 0) is 36.8 Å². The zero-order valence-electron chi connectivity index (χ0n) is 12.7. The first-order valence-electron chi connectivity index (χ1n) is 6.98. The molecule has 124 valence electrons. The van der Waals surface area contributed by atoms with E-state index in [0.717, 1.165) is 5.56 Å². The van der Waals surface area contributed by atoms with Crippen LogP contribution in [-0.4, -0.2) is 26.5 Å². The molecule has 0 aliphatic heterocycles. The van der Waals surface area contributed by atoms with E-state index in [1.165, 1.54) is 22.7 Å². The van der Waals surface area contributed by atoms with Gasteiger partial charge in [-0.2, -0.15) is 0 Å². The zero-order valence-corrected chi connectivity index (χ0v) is 14.3. The molecule has 7 nitrogen and oxygen atoms in total. The maximum atomic E-state index is 12.1. The maximum Gasteiger partial charge on any atom is 0.234 e. The second kappa shape index (κ2) is 6.98. The number of nitrogens with two attached hydrogens (primary N) is 1. The number of nitrogens with zero attached hydrogens (tertiary/aromatic N) is 3. The minimum Gasteiger partial charge on any atom is -0.461 e.